The van der Waals surface area contributed by atoms with Crippen LogP contribution < -0.4 is 5.32 Å². The maximum atomic E-state index is 11.9. The third-order valence-corrected chi connectivity index (χ3v) is 3.20. The lowest BCUT2D eigenvalue weighted by Gasteiger charge is -2.11. The van der Waals surface area contributed by atoms with Crippen LogP contribution in [0.2, 0.25) is 0 Å². The van der Waals surface area contributed by atoms with Gasteiger partial charge in [-0.25, -0.2) is 0 Å². The number of carbonyl (C=O) groups excluding carboxylic acids is 1. The Balaban J connectivity index is 1.98. The van der Waals surface area contributed by atoms with Gasteiger partial charge in [0.15, 0.2) is 5.69 Å². The van der Waals surface area contributed by atoms with E-state index in [-0.39, 0.29) is 5.91 Å². The minimum absolute atomic E-state index is 0.0975. The van der Waals surface area contributed by atoms with Gasteiger partial charge < -0.3 is 5.32 Å². The second-order valence-corrected chi connectivity index (χ2v) is 4.95. The van der Waals surface area contributed by atoms with Crippen LogP contribution in [0.25, 0.3) is 0 Å². The molecule has 1 N–H and O–H groups in total. The van der Waals surface area contributed by atoms with Gasteiger partial charge in [0.05, 0.1) is 5.69 Å². The van der Waals surface area contributed by atoms with Gasteiger partial charge in [0.1, 0.15) is 0 Å². The lowest BCUT2D eigenvalue weighted by atomic mass is 10.1. The summed E-state index contributed by atoms with van der Waals surface area (Å²) in [6.07, 6.45) is 4.60. The fourth-order valence-corrected chi connectivity index (χ4v) is 2.10. The van der Waals surface area contributed by atoms with Crippen molar-refractivity contribution in [1.29, 1.82) is 0 Å². The fourth-order valence-electron chi connectivity index (χ4n) is 2.10. The van der Waals surface area contributed by atoms with Crippen molar-refractivity contribution in [3.05, 3.63) is 23.5 Å². The minimum atomic E-state index is -0.0975. The Labute approximate surface area is 102 Å². The number of nitrogens with one attached hydrogen (secondary N) is 1. The largest absolute Gasteiger partial charge is 0.348 e. The third kappa shape index (κ3) is 3.02. The molecule has 1 amide bonds. The van der Waals surface area contributed by atoms with E-state index in [1.54, 1.807) is 6.07 Å². The average Bonchev–Trinajstić information content (AvgIpc) is 2.82. The maximum absolute atomic E-state index is 11.9. The fraction of sp³-hybridized carbons (Fsp3) is 0.615. The summed E-state index contributed by atoms with van der Waals surface area (Å²) in [6.45, 7) is 4.12. The summed E-state index contributed by atoms with van der Waals surface area (Å²) in [5.41, 5.74) is 1.34. The molecule has 0 aliphatic heterocycles. The van der Waals surface area contributed by atoms with Crippen LogP contribution in [0.15, 0.2) is 12.1 Å². The Morgan fingerprint density at radius 2 is 2.00 bits per heavy atom. The molecule has 0 atom stereocenters. The molecule has 0 unspecified atom stereocenters. The lowest BCUT2D eigenvalue weighted by molar-refractivity contribution is 0.0931. The molecular weight excluding hydrogens is 214 g/mol. The Morgan fingerprint density at radius 1 is 1.29 bits per heavy atom. The lowest BCUT2D eigenvalue weighted by Crippen LogP contribution is -2.33. The molecule has 4 nitrogen and oxygen atoms in total. The number of rotatable bonds is 3. The van der Waals surface area contributed by atoms with Gasteiger partial charge in [-0.1, -0.05) is 26.7 Å². The normalized spacial score (nSPS) is 16.4. The predicted molar refractivity (Wildman–Crippen MR) is 65.8 cm³/mol. The van der Waals surface area contributed by atoms with Gasteiger partial charge in [-0.3, -0.25) is 4.79 Å². The van der Waals surface area contributed by atoms with Crippen LogP contribution in [-0.4, -0.2) is 22.1 Å². The molecule has 0 saturated heterocycles. The van der Waals surface area contributed by atoms with Crippen LogP contribution in [0, 0.1) is 0 Å². The Kier molecular flexibility index (Phi) is 3.71. The summed E-state index contributed by atoms with van der Waals surface area (Å²) in [4.78, 5) is 11.9. The molecule has 0 aromatic carbocycles. The summed E-state index contributed by atoms with van der Waals surface area (Å²) in [6, 6.07) is 3.96. The minimum Gasteiger partial charge on any atom is -0.348 e. The van der Waals surface area contributed by atoms with E-state index < -0.39 is 0 Å². The van der Waals surface area contributed by atoms with Crippen molar-refractivity contribution in [2.24, 2.45) is 0 Å². The quantitative estimate of drug-likeness (QED) is 0.871. The van der Waals surface area contributed by atoms with Crippen LogP contribution in [0.1, 0.15) is 61.6 Å². The zero-order chi connectivity index (χ0) is 12.3. The molecule has 1 aromatic rings. The van der Waals surface area contributed by atoms with E-state index in [1.807, 2.05) is 6.07 Å². The van der Waals surface area contributed by atoms with Crippen molar-refractivity contribution in [3.63, 3.8) is 0 Å². The van der Waals surface area contributed by atoms with E-state index in [2.05, 4.69) is 29.4 Å². The number of carbonyl (C=O) groups is 1. The monoisotopic (exact) mass is 233 g/mol. The van der Waals surface area contributed by atoms with Gasteiger partial charge >= 0.3 is 0 Å². The first-order chi connectivity index (χ1) is 8.16. The van der Waals surface area contributed by atoms with E-state index in [4.69, 9.17) is 0 Å². The smallest absolute Gasteiger partial charge is 0.272 e. The van der Waals surface area contributed by atoms with E-state index in [9.17, 15) is 4.79 Å². The number of nitrogens with zero attached hydrogens (tertiary/aromatic N) is 2. The number of aromatic nitrogens is 2. The summed E-state index contributed by atoms with van der Waals surface area (Å²) >= 11 is 0. The third-order valence-electron chi connectivity index (χ3n) is 3.20. The van der Waals surface area contributed by atoms with Crippen LogP contribution in [0.4, 0.5) is 0 Å². The second kappa shape index (κ2) is 5.25. The van der Waals surface area contributed by atoms with Crippen LogP contribution in [-0.2, 0) is 0 Å². The van der Waals surface area contributed by atoms with E-state index >= 15 is 0 Å². The van der Waals surface area contributed by atoms with Crippen LogP contribution in [0.5, 0.6) is 0 Å². The molecule has 1 saturated carbocycles. The zero-order valence-corrected chi connectivity index (χ0v) is 10.4. The molecule has 17 heavy (non-hydrogen) atoms. The molecule has 0 radical (unpaired) electrons. The molecule has 1 aliphatic carbocycles. The molecular formula is C13H19N3O. The summed E-state index contributed by atoms with van der Waals surface area (Å²) in [5.74, 6) is 0.245. The summed E-state index contributed by atoms with van der Waals surface area (Å²) in [5, 5.41) is 11.0. The maximum Gasteiger partial charge on any atom is 0.272 e. The first kappa shape index (κ1) is 12.0. The van der Waals surface area contributed by atoms with Crippen LogP contribution >= 0.6 is 0 Å². The standard InChI is InChI=1S/C13H19N3O/c1-9(2)11-7-8-12(16-15-11)13(17)14-10-5-3-4-6-10/h7-10H,3-6H2,1-2H3,(H,14,17). The highest BCUT2D eigenvalue weighted by atomic mass is 16.2. The van der Waals surface area contributed by atoms with Gasteiger partial charge in [-0.2, -0.15) is 5.10 Å². The van der Waals surface area contributed by atoms with Crippen molar-refractivity contribution >= 4 is 5.91 Å². The van der Waals surface area contributed by atoms with Crippen molar-refractivity contribution in [2.45, 2.75) is 51.5 Å². The average molecular weight is 233 g/mol. The second-order valence-electron chi connectivity index (χ2n) is 4.95. The van der Waals surface area contributed by atoms with Crippen LogP contribution in [0.3, 0.4) is 0 Å². The molecule has 0 spiro atoms. The highest BCUT2D eigenvalue weighted by molar-refractivity contribution is 5.92. The highest BCUT2D eigenvalue weighted by Crippen LogP contribution is 2.18. The Hall–Kier alpha value is -1.45. The Morgan fingerprint density at radius 3 is 2.53 bits per heavy atom. The van der Waals surface area contributed by atoms with Gasteiger partial charge in [-0.05, 0) is 30.9 Å². The van der Waals surface area contributed by atoms with Crippen molar-refractivity contribution in [2.75, 3.05) is 0 Å². The van der Waals surface area contributed by atoms with Crippen molar-refractivity contribution in [3.8, 4) is 0 Å². The molecule has 1 fully saturated rings. The molecule has 2 rings (SSSR count). The summed E-state index contributed by atoms with van der Waals surface area (Å²) in [7, 11) is 0. The van der Waals surface area contributed by atoms with E-state index in [0.29, 0.717) is 17.7 Å². The molecule has 0 bridgehead atoms. The number of hydrogen-bond acceptors (Lipinski definition) is 3. The van der Waals surface area contributed by atoms with Crippen molar-refractivity contribution in [1.82, 2.24) is 15.5 Å². The molecule has 1 aliphatic rings. The molecule has 1 heterocycles. The highest BCUT2D eigenvalue weighted by Gasteiger charge is 2.18. The first-order valence-electron chi connectivity index (χ1n) is 6.31. The van der Waals surface area contributed by atoms with Gasteiger partial charge in [0.2, 0.25) is 0 Å². The molecule has 92 valence electrons. The molecule has 1 aromatic heterocycles. The SMILES string of the molecule is CC(C)c1ccc(C(=O)NC2CCCC2)nn1. The first-order valence-corrected chi connectivity index (χ1v) is 6.31. The Bertz CT molecular complexity index is 380. The van der Waals surface area contributed by atoms with E-state index in [0.717, 1.165) is 18.5 Å². The summed E-state index contributed by atoms with van der Waals surface area (Å²) < 4.78 is 0. The van der Waals surface area contributed by atoms with Gasteiger partial charge in [0, 0.05) is 6.04 Å². The van der Waals surface area contributed by atoms with Gasteiger partial charge in [0.25, 0.3) is 5.91 Å². The number of amides is 1. The van der Waals surface area contributed by atoms with Crippen molar-refractivity contribution < 1.29 is 4.79 Å². The molecule has 4 heteroatoms. The van der Waals surface area contributed by atoms with E-state index in [1.165, 1.54) is 12.8 Å². The topological polar surface area (TPSA) is 54.9 Å². The zero-order valence-electron chi connectivity index (χ0n) is 10.4. The van der Waals surface area contributed by atoms with Gasteiger partial charge in [-0.15, -0.1) is 5.10 Å². The number of hydrogen-bond donors (Lipinski definition) is 1. The predicted octanol–water partition coefficient (Wildman–Crippen LogP) is 2.27.